The number of aliphatic carboxylic acids is 1. The Bertz CT molecular complexity index is 1930. The normalized spacial score (nSPS) is 15.3. The number of aromatic amines is 1. The van der Waals surface area contributed by atoms with Crippen molar-refractivity contribution in [2.75, 3.05) is 13.2 Å². The van der Waals surface area contributed by atoms with E-state index in [1.165, 1.54) is 12.5 Å². The topological polar surface area (TPSA) is 379 Å². The van der Waals surface area contributed by atoms with Gasteiger partial charge >= 0.3 is 5.97 Å². The summed E-state index contributed by atoms with van der Waals surface area (Å²) in [6.45, 7) is 8.43. The Labute approximate surface area is 383 Å². The summed E-state index contributed by atoms with van der Waals surface area (Å²) in [7, 11) is 0. The average molecular weight is 930 g/mol. The molecule has 2 aromatic rings. The second-order valence-electron chi connectivity index (χ2n) is 16.9. The highest BCUT2D eigenvalue weighted by atomic mass is 16.4. The third kappa shape index (κ3) is 18.9. The summed E-state index contributed by atoms with van der Waals surface area (Å²) in [5, 5.41) is 46.9. The lowest BCUT2D eigenvalue weighted by atomic mass is 9.97. The first-order chi connectivity index (χ1) is 31.1. The molecule has 366 valence electrons. The third-order valence-electron chi connectivity index (χ3n) is 10.4. The molecule has 2 rings (SSSR count). The number of carbonyl (C=O) groups excluding carboxylic acids is 8. The van der Waals surface area contributed by atoms with Gasteiger partial charge in [-0.25, -0.2) is 9.78 Å². The number of nitrogens with one attached hydrogen (secondary N) is 8. The highest BCUT2D eigenvalue weighted by molar-refractivity contribution is 5.98. The fourth-order valence-corrected chi connectivity index (χ4v) is 6.57. The van der Waals surface area contributed by atoms with Crippen molar-refractivity contribution in [1.29, 1.82) is 0 Å². The second-order valence-corrected chi connectivity index (χ2v) is 16.9. The summed E-state index contributed by atoms with van der Waals surface area (Å²) in [4.78, 5) is 125. The summed E-state index contributed by atoms with van der Waals surface area (Å²) in [6.07, 6.45) is 2.36. The molecule has 0 spiro atoms. The summed E-state index contributed by atoms with van der Waals surface area (Å²) in [5.74, 6) is -9.81. The quantitative estimate of drug-likeness (QED) is 0.0387. The van der Waals surface area contributed by atoms with Crippen molar-refractivity contribution < 1.29 is 58.5 Å². The third-order valence-corrected chi connectivity index (χ3v) is 10.4. The van der Waals surface area contributed by atoms with Crippen molar-refractivity contribution in [3.63, 3.8) is 0 Å². The van der Waals surface area contributed by atoms with Crippen molar-refractivity contribution in [1.82, 2.24) is 47.2 Å². The molecule has 0 radical (unpaired) electrons. The maximum Gasteiger partial charge on any atom is 0.326 e. The minimum atomic E-state index is -1.76. The molecule has 0 fully saturated rings. The number of carboxylic acid groups (broad SMARTS) is 1. The van der Waals surface area contributed by atoms with E-state index >= 15 is 0 Å². The van der Waals surface area contributed by atoms with Crippen LogP contribution in [0.25, 0.3) is 0 Å². The number of aliphatic hydroxyl groups excluding tert-OH is 2. The Balaban J connectivity index is 2.28. The zero-order valence-corrected chi connectivity index (χ0v) is 38.2. The molecule has 0 unspecified atom stereocenters. The lowest BCUT2D eigenvalue weighted by molar-refractivity contribution is -0.143. The Morgan fingerprint density at radius 2 is 1.09 bits per heavy atom. The number of aliphatic hydroxyl groups is 2. The molecule has 23 nitrogen and oxygen atoms in total. The number of amides is 8. The van der Waals surface area contributed by atoms with Gasteiger partial charge in [0.1, 0.15) is 42.3 Å². The van der Waals surface area contributed by atoms with Crippen LogP contribution in [0.1, 0.15) is 78.5 Å². The van der Waals surface area contributed by atoms with E-state index in [9.17, 15) is 58.5 Å². The van der Waals surface area contributed by atoms with Crippen LogP contribution < -0.4 is 48.7 Å². The molecule has 0 saturated carbocycles. The molecule has 0 aliphatic carbocycles. The maximum absolute atomic E-state index is 14.0. The predicted molar refractivity (Wildman–Crippen MR) is 238 cm³/mol. The molecule has 23 heteroatoms. The molecule has 0 aliphatic heterocycles. The molecular weight excluding hydrogens is 863 g/mol. The zero-order valence-electron chi connectivity index (χ0n) is 38.2. The van der Waals surface area contributed by atoms with Crippen molar-refractivity contribution in [3.8, 4) is 0 Å². The summed E-state index contributed by atoms with van der Waals surface area (Å²) >= 11 is 0. The number of nitrogens with two attached hydrogens (primary N) is 2. The van der Waals surface area contributed by atoms with Gasteiger partial charge in [-0.2, -0.15) is 0 Å². The van der Waals surface area contributed by atoms with Crippen LogP contribution in [0.4, 0.5) is 0 Å². The van der Waals surface area contributed by atoms with Crippen LogP contribution in [0.5, 0.6) is 0 Å². The number of benzene rings is 1. The number of rotatable bonds is 29. The Morgan fingerprint density at radius 3 is 1.59 bits per heavy atom. The van der Waals surface area contributed by atoms with Gasteiger partial charge in [-0.3, -0.25) is 38.4 Å². The number of nitrogens with zero attached hydrogens (tertiary/aromatic N) is 1. The van der Waals surface area contributed by atoms with Gasteiger partial charge in [-0.1, -0.05) is 78.3 Å². The first-order valence-electron chi connectivity index (χ1n) is 21.7. The van der Waals surface area contributed by atoms with Gasteiger partial charge in [-0.05, 0) is 42.6 Å². The Morgan fingerprint density at radius 1 is 0.621 bits per heavy atom. The van der Waals surface area contributed by atoms with E-state index in [4.69, 9.17) is 11.5 Å². The van der Waals surface area contributed by atoms with Gasteiger partial charge < -0.3 is 69.0 Å². The van der Waals surface area contributed by atoms with E-state index < -0.39 is 127 Å². The molecule has 0 bridgehead atoms. The van der Waals surface area contributed by atoms with Crippen LogP contribution in [0.15, 0.2) is 42.9 Å². The lowest BCUT2D eigenvalue weighted by Crippen LogP contribution is -2.62. The highest BCUT2D eigenvalue weighted by Gasteiger charge is 2.36. The SMILES string of the molecule is CC[C@H](C)[C@H](NC(=O)[C@H](Cc1cnc[nH]1)NC(=O)[C@H](CO)NC(=O)[C@H](CC(C)C)NC(=O)[C@@H](N)Cc1ccccc1)C(=O)N[C@@H](CO)C(=O)N[C@@H](CC(N)=O)C(=O)N[C@@H](CC(C)C)C(=O)O. The first-order valence-corrected chi connectivity index (χ1v) is 21.7. The van der Waals surface area contributed by atoms with E-state index in [2.05, 4.69) is 47.2 Å². The summed E-state index contributed by atoms with van der Waals surface area (Å²) in [5.41, 5.74) is 12.6. The standard InChI is InChI=1S/C43H67N11O12/c1-7-24(6)35(42(64)53-33(20-56)41(63)50-30(17-34(45)57)38(60)51-31(43(65)66)14-23(4)5)54-39(61)29(16-26-18-46-21-47-26)49-40(62)32(19-55)52-37(59)28(13-22(2)3)48-36(58)27(44)15-25-11-9-8-10-12-25/h8-12,18,21-24,27-33,35,55-56H,7,13-17,19-20,44H2,1-6H3,(H2,45,57)(H,46,47)(H,48,58)(H,49,62)(H,50,63)(H,51,60)(H,52,59)(H,53,64)(H,54,61)(H,65,66)/t24-,27-,28-,29-,30-,31-,32-,33-,35-/m0/s1. The van der Waals surface area contributed by atoms with Gasteiger partial charge in [0.05, 0.1) is 32.0 Å². The van der Waals surface area contributed by atoms with Gasteiger partial charge in [0.2, 0.25) is 47.3 Å². The van der Waals surface area contributed by atoms with Crippen LogP contribution in [-0.2, 0) is 56.0 Å². The Kier molecular flexibility index (Phi) is 23.4. The second kappa shape index (κ2) is 27.8. The maximum atomic E-state index is 14.0. The largest absolute Gasteiger partial charge is 0.480 e. The first kappa shape index (κ1) is 55.7. The molecule has 8 amide bonds. The average Bonchev–Trinajstić information content (AvgIpc) is 3.77. The monoisotopic (exact) mass is 929 g/mol. The van der Waals surface area contributed by atoms with Crippen LogP contribution in [0, 0.1) is 17.8 Å². The van der Waals surface area contributed by atoms with Crippen LogP contribution in [0.3, 0.4) is 0 Å². The molecule has 15 N–H and O–H groups in total. The fourth-order valence-electron chi connectivity index (χ4n) is 6.57. The molecule has 9 atom stereocenters. The molecule has 0 aliphatic rings. The molecule has 0 saturated heterocycles. The van der Waals surface area contributed by atoms with Crippen molar-refractivity contribution in [3.05, 3.63) is 54.1 Å². The number of hydrogen-bond acceptors (Lipinski definition) is 13. The van der Waals surface area contributed by atoms with Crippen molar-refractivity contribution in [2.45, 2.75) is 128 Å². The Hall–Kier alpha value is -6.46. The number of imidazole rings is 1. The molecule has 1 heterocycles. The van der Waals surface area contributed by atoms with Crippen molar-refractivity contribution >= 4 is 53.2 Å². The van der Waals surface area contributed by atoms with Crippen LogP contribution >= 0.6 is 0 Å². The van der Waals surface area contributed by atoms with Gasteiger partial charge in [-0.15, -0.1) is 0 Å². The predicted octanol–water partition coefficient (Wildman–Crippen LogP) is -3.00. The van der Waals surface area contributed by atoms with E-state index in [0.29, 0.717) is 5.69 Å². The van der Waals surface area contributed by atoms with Crippen LogP contribution in [0.2, 0.25) is 0 Å². The van der Waals surface area contributed by atoms with Gasteiger partial charge in [0, 0.05) is 18.3 Å². The van der Waals surface area contributed by atoms with Crippen molar-refractivity contribution in [2.24, 2.45) is 29.2 Å². The van der Waals surface area contributed by atoms with E-state index in [0.717, 1.165) is 5.56 Å². The minimum Gasteiger partial charge on any atom is -0.480 e. The van der Waals surface area contributed by atoms with Gasteiger partial charge in [0.25, 0.3) is 0 Å². The smallest absolute Gasteiger partial charge is 0.326 e. The number of carbonyl (C=O) groups is 9. The summed E-state index contributed by atoms with van der Waals surface area (Å²) in [6, 6.07) is -2.47. The lowest BCUT2D eigenvalue weighted by Gasteiger charge is -2.29. The number of primary amides is 1. The molecule has 1 aromatic heterocycles. The summed E-state index contributed by atoms with van der Waals surface area (Å²) < 4.78 is 0. The zero-order chi connectivity index (χ0) is 49.7. The number of hydrogen-bond donors (Lipinski definition) is 13. The minimum absolute atomic E-state index is 0.0211. The van der Waals surface area contributed by atoms with Crippen LogP contribution in [-0.4, -0.2) is 140 Å². The fraction of sp³-hybridized carbons (Fsp3) is 0.581. The molecule has 66 heavy (non-hydrogen) atoms. The number of carboxylic acids is 1. The number of H-pyrrole nitrogens is 1. The molecule has 1 aromatic carbocycles. The van der Waals surface area contributed by atoms with E-state index in [1.54, 1.807) is 52.0 Å². The van der Waals surface area contributed by atoms with Gasteiger partial charge in [0.15, 0.2) is 0 Å². The number of aromatic nitrogens is 2. The highest BCUT2D eigenvalue weighted by Crippen LogP contribution is 2.12. The van der Waals surface area contributed by atoms with E-state index in [1.807, 2.05) is 19.9 Å². The molecular formula is C43H67N11O12. The van der Waals surface area contributed by atoms with E-state index in [-0.39, 0.29) is 43.9 Å².